The summed E-state index contributed by atoms with van der Waals surface area (Å²) in [5.41, 5.74) is -7.50. The van der Waals surface area contributed by atoms with E-state index in [-0.39, 0.29) is 28.2 Å². The molecule has 0 spiro atoms. The minimum absolute atomic E-state index is 0.0158. The maximum Gasteiger partial charge on any atom is 0.384 e. The van der Waals surface area contributed by atoms with Crippen LogP contribution in [-0.4, -0.2) is 54.3 Å². The lowest BCUT2D eigenvalue weighted by molar-refractivity contribution is -0.475. The van der Waals surface area contributed by atoms with Crippen molar-refractivity contribution < 1.29 is 62.6 Å². The Balaban J connectivity index is 2.74. The van der Waals surface area contributed by atoms with E-state index in [1.165, 1.54) is 13.8 Å². The summed E-state index contributed by atoms with van der Waals surface area (Å²) in [6.07, 6.45) is -0.0158. The number of alkyl halides is 11. The molecule has 1 aromatic heterocycles. The van der Waals surface area contributed by atoms with Gasteiger partial charge in [0.15, 0.2) is 0 Å². The van der Waals surface area contributed by atoms with Gasteiger partial charge in [0.25, 0.3) is 5.91 Å². The molecule has 0 bridgehead atoms. The Labute approximate surface area is 175 Å². The van der Waals surface area contributed by atoms with Gasteiger partial charge in [0.1, 0.15) is 5.00 Å². The number of esters is 1. The van der Waals surface area contributed by atoms with Gasteiger partial charge in [-0.3, -0.25) is 4.79 Å². The molecule has 16 heteroatoms. The third-order valence-corrected chi connectivity index (χ3v) is 6.00. The highest BCUT2D eigenvalue weighted by atomic mass is 32.1. The van der Waals surface area contributed by atoms with E-state index in [0.29, 0.717) is 0 Å². The maximum atomic E-state index is 14.8. The maximum absolute atomic E-state index is 14.8. The molecular weight excluding hydrogens is 495 g/mol. The molecule has 0 atom stereocenters. The minimum Gasteiger partial charge on any atom is -0.465 e. The molecule has 1 fully saturated rings. The van der Waals surface area contributed by atoms with Gasteiger partial charge in [0.2, 0.25) is 0 Å². The van der Waals surface area contributed by atoms with E-state index in [1.807, 2.05) is 0 Å². The molecule has 0 aromatic carbocycles. The largest absolute Gasteiger partial charge is 0.465 e. The number of nitrogens with one attached hydrogen (secondary N) is 1. The summed E-state index contributed by atoms with van der Waals surface area (Å²) < 4.78 is 156. The van der Waals surface area contributed by atoms with Crippen LogP contribution in [0.1, 0.15) is 27.7 Å². The number of rotatable bonds is 4. The highest BCUT2D eigenvalue weighted by molar-refractivity contribution is 7.16. The van der Waals surface area contributed by atoms with E-state index in [9.17, 15) is 57.9 Å². The fraction of sp³-hybridized carbons (Fsp3) is 0.625. The Morgan fingerprint density at radius 2 is 1.25 bits per heavy atom. The Morgan fingerprint density at radius 1 is 0.844 bits per heavy atom. The molecule has 0 saturated heterocycles. The summed E-state index contributed by atoms with van der Waals surface area (Å²) in [6, 6.07) is 0. The highest BCUT2D eigenvalue weighted by Gasteiger charge is 3.02. The molecule has 1 N–H and O–H groups in total. The van der Waals surface area contributed by atoms with Crippen LogP contribution in [0, 0.1) is 6.92 Å². The summed E-state index contributed by atoms with van der Waals surface area (Å²) in [6.45, 7) is 2.69. The summed E-state index contributed by atoms with van der Waals surface area (Å²) in [7, 11) is 0.795. The van der Waals surface area contributed by atoms with Gasteiger partial charge in [0.05, 0.1) is 12.7 Å². The number of hydrogen-bond donors (Lipinski definition) is 1. The first-order valence-corrected chi connectivity index (χ1v) is 9.13. The number of halogens is 11. The second kappa shape index (κ2) is 7.18. The van der Waals surface area contributed by atoms with E-state index < -0.39 is 57.7 Å². The van der Waals surface area contributed by atoms with Crippen molar-refractivity contribution in [2.24, 2.45) is 0 Å². The third kappa shape index (κ3) is 2.73. The normalized spacial score (nSPS) is 23.9. The third-order valence-electron chi connectivity index (χ3n) is 4.93. The summed E-state index contributed by atoms with van der Waals surface area (Å²) in [5.74, 6) is -41.7. The van der Waals surface area contributed by atoms with Crippen molar-refractivity contribution in [1.82, 2.24) is 0 Å². The van der Waals surface area contributed by atoms with Crippen molar-refractivity contribution in [3.63, 3.8) is 0 Å². The van der Waals surface area contributed by atoms with E-state index in [4.69, 9.17) is 0 Å². The molecule has 182 valence electrons. The van der Waals surface area contributed by atoms with E-state index in [0.717, 1.165) is 12.4 Å². The average molecular weight is 507 g/mol. The van der Waals surface area contributed by atoms with Gasteiger partial charge in [-0.25, -0.2) is 9.18 Å². The van der Waals surface area contributed by atoms with Crippen molar-refractivity contribution >= 4 is 28.2 Å². The first kappa shape index (κ1) is 26.1. The van der Waals surface area contributed by atoms with E-state index in [2.05, 4.69) is 4.74 Å². The number of methoxy groups -OCH3 is 1. The van der Waals surface area contributed by atoms with Crippen LogP contribution in [0.3, 0.4) is 0 Å². The predicted molar refractivity (Wildman–Crippen MR) is 87.0 cm³/mol. The highest BCUT2D eigenvalue weighted by Crippen LogP contribution is 2.69. The molecule has 2 rings (SSSR count). The van der Waals surface area contributed by atoms with Crippen LogP contribution in [-0.2, 0) is 16.0 Å². The Hall–Kier alpha value is -2.13. The van der Waals surface area contributed by atoms with E-state index in [1.54, 1.807) is 0 Å². The molecule has 32 heavy (non-hydrogen) atoms. The average Bonchev–Trinajstić information content (AvgIpc) is 2.99. The molecule has 4 nitrogen and oxygen atoms in total. The monoisotopic (exact) mass is 507 g/mol. The number of ether oxygens (including phenoxy) is 1. The van der Waals surface area contributed by atoms with Crippen LogP contribution in [0.2, 0.25) is 0 Å². The number of thiophene rings is 1. The smallest absolute Gasteiger partial charge is 0.384 e. The second-order valence-corrected chi connectivity index (χ2v) is 7.90. The molecule has 1 aromatic rings. The van der Waals surface area contributed by atoms with Gasteiger partial charge < -0.3 is 10.1 Å². The number of anilines is 1. The van der Waals surface area contributed by atoms with Crippen LogP contribution in [0.15, 0.2) is 0 Å². The van der Waals surface area contributed by atoms with Crippen LogP contribution >= 0.6 is 11.3 Å². The second-order valence-electron chi connectivity index (χ2n) is 6.67. The van der Waals surface area contributed by atoms with Gasteiger partial charge in [0, 0.05) is 4.88 Å². The molecule has 1 saturated carbocycles. The minimum atomic E-state index is -7.44. The zero-order chi connectivity index (χ0) is 25.3. The summed E-state index contributed by atoms with van der Waals surface area (Å²) >= 11 is 0.288. The molecule has 0 unspecified atom stereocenters. The summed E-state index contributed by atoms with van der Waals surface area (Å²) in [4.78, 5) is 24.1. The molecule has 0 aliphatic heterocycles. The molecular formula is C16H12F11NO3S. The fourth-order valence-electron chi connectivity index (χ4n) is 3.11. The molecule has 1 aliphatic carbocycles. The first-order chi connectivity index (χ1) is 14.2. The van der Waals surface area contributed by atoms with Crippen LogP contribution in [0.5, 0.6) is 0 Å². The Morgan fingerprint density at radius 3 is 1.62 bits per heavy atom. The van der Waals surface area contributed by atoms with Crippen molar-refractivity contribution in [3.05, 3.63) is 16.0 Å². The number of aryl methyl sites for hydroxylation is 1. The lowest BCUT2D eigenvalue weighted by Gasteiger charge is -2.51. The van der Waals surface area contributed by atoms with Gasteiger partial charge in [-0.1, -0.05) is 6.92 Å². The summed E-state index contributed by atoms with van der Waals surface area (Å²) in [5, 5.41) is -0.00473. The topological polar surface area (TPSA) is 55.4 Å². The van der Waals surface area contributed by atoms with Crippen LogP contribution < -0.4 is 5.32 Å². The predicted octanol–water partition coefficient (Wildman–Crippen LogP) is 5.24. The van der Waals surface area contributed by atoms with Gasteiger partial charge in [-0.05, 0) is 18.9 Å². The Kier molecular flexibility index (Phi) is 5.87. The zero-order valence-electron chi connectivity index (χ0n) is 16.0. The van der Waals surface area contributed by atoms with Crippen LogP contribution in [0.4, 0.5) is 53.3 Å². The zero-order valence-corrected chi connectivity index (χ0v) is 16.8. The van der Waals surface area contributed by atoms with Gasteiger partial charge in [-0.15, -0.1) is 11.3 Å². The van der Waals surface area contributed by atoms with E-state index >= 15 is 0 Å². The quantitative estimate of drug-likeness (QED) is 0.448. The van der Waals surface area contributed by atoms with Crippen molar-refractivity contribution in [1.29, 1.82) is 0 Å². The van der Waals surface area contributed by atoms with Crippen LogP contribution in [0.25, 0.3) is 0 Å². The number of hydrogen-bond acceptors (Lipinski definition) is 4. The van der Waals surface area contributed by atoms with Gasteiger partial charge >= 0.3 is 41.3 Å². The lowest BCUT2D eigenvalue weighted by atomic mass is 9.71. The first-order valence-electron chi connectivity index (χ1n) is 8.32. The van der Waals surface area contributed by atoms with Crippen molar-refractivity contribution in [3.8, 4) is 0 Å². The standard InChI is InChI=1S/C16H12F11NO3S/c1-4-6-5(2)32-8(7(6)9(29)31-3)28-10(30)11(17)12(18,19)14(22,23)16(26,27)15(24,25)13(11,20)21/h4H2,1-3H3,(H,28,30). The molecule has 0 radical (unpaired) electrons. The molecule has 1 aliphatic rings. The number of carbonyl (C=O) groups excluding carboxylic acids is 2. The molecule has 1 amide bonds. The fourth-order valence-corrected chi connectivity index (χ4v) is 4.23. The number of carbonyl (C=O) groups is 2. The lowest BCUT2D eigenvalue weighted by Crippen LogP contribution is -2.86. The Bertz CT molecular complexity index is 927. The van der Waals surface area contributed by atoms with Gasteiger partial charge in [-0.2, -0.15) is 43.9 Å². The number of amides is 1. The van der Waals surface area contributed by atoms with Crippen molar-refractivity contribution in [2.45, 2.75) is 55.5 Å². The van der Waals surface area contributed by atoms with Crippen molar-refractivity contribution in [2.75, 3.05) is 12.4 Å². The molecule has 1 heterocycles. The SMILES string of the molecule is CCc1c(C)sc(NC(=O)C2(F)C(F)(F)C(F)(F)C(F)(F)C(F)(F)C2(F)F)c1C(=O)OC.